The predicted octanol–water partition coefficient (Wildman–Crippen LogP) is 2.98. The number of aryl methyl sites for hydroxylation is 1. The van der Waals surface area contributed by atoms with Crippen molar-refractivity contribution in [2.45, 2.75) is 0 Å². The number of thiophene rings is 1. The molecule has 1 N–H and O–H groups in total. The van der Waals surface area contributed by atoms with Crippen LogP contribution in [-0.2, 0) is 7.05 Å². The molecule has 1 aliphatic rings. The van der Waals surface area contributed by atoms with Crippen molar-refractivity contribution in [2.24, 2.45) is 7.05 Å². The predicted molar refractivity (Wildman–Crippen MR) is 119 cm³/mol. The molecule has 2 aromatic carbocycles. The van der Waals surface area contributed by atoms with Crippen molar-refractivity contribution in [3.05, 3.63) is 80.2 Å². The van der Waals surface area contributed by atoms with Gasteiger partial charge in [-0.05, 0) is 36.4 Å². The molecule has 0 atom stereocenters. The number of anilines is 2. The van der Waals surface area contributed by atoms with E-state index in [1.54, 1.807) is 18.2 Å². The zero-order chi connectivity index (χ0) is 21.7. The van der Waals surface area contributed by atoms with Crippen LogP contribution < -0.4 is 20.8 Å². The van der Waals surface area contributed by atoms with Gasteiger partial charge in [0, 0.05) is 12.7 Å². The van der Waals surface area contributed by atoms with Gasteiger partial charge < -0.3 is 14.7 Å². The highest BCUT2D eigenvalue weighted by Crippen LogP contribution is 2.38. The second-order valence-electron chi connectivity index (χ2n) is 7.10. The number of carboxylic acid groups (broad SMARTS) is 1. The fourth-order valence-corrected chi connectivity index (χ4v) is 4.74. The second-order valence-corrected chi connectivity index (χ2v) is 8.13. The topological polar surface area (TPSA) is 93.8 Å². The lowest BCUT2D eigenvalue weighted by atomic mass is 10.1. The third kappa shape index (κ3) is 3.01. The molecule has 0 aliphatic carbocycles. The highest BCUT2D eigenvalue weighted by Gasteiger charge is 2.23. The van der Waals surface area contributed by atoms with Crippen molar-refractivity contribution in [3.63, 3.8) is 0 Å². The van der Waals surface area contributed by atoms with E-state index in [9.17, 15) is 19.5 Å². The molecular formula is C22H17N3O5S. The molecule has 3 heterocycles. The third-order valence-corrected chi connectivity index (χ3v) is 6.46. The first-order chi connectivity index (χ1) is 15.0. The number of benzene rings is 2. The largest absolute Gasteiger partial charge is 0.490 e. The zero-order valence-corrected chi connectivity index (χ0v) is 17.3. The van der Waals surface area contributed by atoms with Gasteiger partial charge in [-0.25, -0.2) is 4.79 Å². The molecule has 0 saturated heterocycles. The zero-order valence-electron chi connectivity index (χ0n) is 16.4. The number of rotatable bonds is 3. The number of hydrogen-bond acceptors (Lipinski definition) is 6. The van der Waals surface area contributed by atoms with Crippen molar-refractivity contribution in [1.82, 2.24) is 9.13 Å². The number of aromatic carboxylic acids is 1. The minimum absolute atomic E-state index is 0.0524. The molecule has 0 unspecified atom stereocenters. The molecule has 8 nitrogen and oxygen atoms in total. The number of nitrogens with zero attached hydrogens (tertiary/aromatic N) is 3. The van der Waals surface area contributed by atoms with Crippen LogP contribution >= 0.6 is 11.3 Å². The molecule has 0 radical (unpaired) electrons. The van der Waals surface area contributed by atoms with Crippen LogP contribution in [0.4, 0.5) is 11.4 Å². The van der Waals surface area contributed by atoms with E-state index >= 15 is 0 Å². The maximum absolute atomic E-state index is 12.9. The summed E-state index contributed by atoms with van der Waals surface area (Å²) in [6.45, 7) is 1.15. The Morgan fingerprint density at radius 2 is 1.81 bits per heavy atom. The van der Waals surface area contributed by atoms with E-state index in [0.29, 0.717) is 34.9 Å². The lowest BCUT2D eigenvalue weighted by Crippen LogP contribution is -2.39. The number of para-hydroxylation sites is 1. The van der Waals surface area contributed by atoms with Crippen LogP contribution in [0.2, 0.25) is 0 Å². The summed E-state index contributed by atoms with van der Waals surface area (Å²) in [6, 6.07) is 16.5. The van der Waals surface area contributed by atoms with Gasteiger partial charge in [-0.15, -0.1) is 11.3 Å². The number of fused-ring (bicyclic) bond motifs is 2. The maximum Gasteiger partial charge on any atom is 0.346 e. The van der Waals surface area contributed by atoms with Gasteiger partial charge >= 0.3 is 17.1 Å². The summed E-state index contributed by atoms with van der Waals surface area (Å²) in [4.78, 5) is 39.6. The van der Waals surface area contributed by atoms with Gasteiger partial charge in [-0.1, -0.05) is 18.2 Å². The quantitative estimate of drug-likeness (QED) is 0.498. The number of carboxylic acids is 1. The highest BCUT2D eigenvalue weighted by atomic mass is 32.1. The lowest BCUT2D eigenvalue weighted by Gasteiger charge is -2.31. The van der Waals surface area contributed by atoms with Crippen molar-refractivity contribution in [2.75, 3.05) is 18.1 Å². The van der Waals surface area contributed by atoms with Crippen LogP contribution in [0.25, 0.3) is 16.0 Å². The van der Waals surface area contributed by atoms with E-state index in [0.717, 1.165) is 22.7 Å². The molecular weight excluding hydrogens is 418 g/mol. The van der Waals surface area contributed by atoms with Crippen molar-refractivity contribution in [3.8, 4) is 11.4 Å². The summed E-state index contributed by atoms with van der Waals surface area (Å²) < 4.78 is 8.27. The maximum atomic E-state index is 12.9. The minimum atomic E-state index is -1.11. The monoisotopic (exact) mass is 435 g/mol. The summed E-state index contributed by atoms with van der Waals surface area (Å²) >= 11 is 0.958. The molecule has 0 saturated carbocycles. The second kappa shape index (κ2) is 7.13. The Morgan fingerprint density at radius 3 is 2.55 bits per heavy atom. The molecule has 0 spiro atoms. The van der Waals surface area contributed by atoms with Gasteiger partial charge in [0.15, 0.2) is 0 Å². The Bertz CT molecular complexity index is 1450. The number of hydrogen-bond donors (Lipinski definition) is 1. The summed E-state index contributed by atoms with van der Waals surface area (Å²) in [7, 11) is 1.47. The Hall–Kier alpha value is -3.85. The van der Waals surface area contributed by atoms with Crippen LogP contribution in [-0.4, -0.2) is 33.4 Å². The third-order valence-electron chi connectivity index (χ3n) is 5.27. The van der Waals surface area contributed by atoms with E-state index in [4.69, 9.17) is 4.74 Å². The van der Waals surface area contributed by atoms with Crippen LogP contribution in [0.15, 0.2) is 64.2 Å². The van der Waals surface area contributed by atoms with E-state index in [1.165, 1.54) is 22.2 Å². The standard InChI is InChI=1S/C22H17N3O5S/c1-23-19(26)20(27)25(16-12-18(22(28)29)31-21(16)23)14-7-8-17-15(11-14)24(9-10-30-17)13-5-3-2-4-6-13/h2-8,11-12H,9-10H2,1H3,(H,28,29). The average molecular weight is 435 g/mol. The SMILES string of the molecule is Cn1c(=O)c(=O)n(-c2ccc3c(c2)N(c2ccccc2)CCO3)c2cc(C(=O)O)sc21. The Morgan fingerprint density at radius 1 is 1.03 bits per heavy atom. The van der Waals surface area contributed by atoms with E-state index in [1.807, 2.05) is 30.3 Å². The molecule has 0 bridgehead atoms. The summed E-state index contributed by atoms with van der Waals surface area (Å²) in [6.07, 6.45) is 0. The van der Waals surface area contributed by atoms with Crippen LogP contribution in [0.1, 0.15) is 9.67 Å². The van der Waals surface area contributed by atoms with Gasteiger partial charge in [-0.3, -0.25) is 18.7 Å². The summed E-state index contributed by atoms with van der Waals surface area (Å²) in [5, 5.41) is 9.41. The van der Waals surface area contributed by atoms with Gasteiger partial charge in [-0.2, -0.15) is 0 Å². The van der Waals surface area contributed by atoms with Crippen molar-refractivity contribution >= 4 is 39.0 Å². The molecule has 156 valence electrons. The Labute approximate surface area is 179 Å². The molecule has 4 aromatic rings. The van der Waals surface area contributed by atoms with Gasteiger partial charge in [0.2, 0.25) is 0 Å². The first-order valence-corrected chi connectivity index (χ1v) is 10.4. The first kappa shape index (κ1) is 19.1. The molecule has 9 heteroatoms. The van der Waals surface area contributed by atoms with Crippen LogP contribution in [0.5, 0.6) is 5.75 Å². The number of aromatic nitrogens is 2. The summed E-state index contributed by atoms with van der Waals surface area (Å²) in [5.74, 6) is -0.440. The van der Waals surface area contributed by atoms with Gasteiger partial charge in [0.1, 0.15) is 22.1 Å². The first-order valence-electron chi connectivity index (χ1n) is 9.54. The van der Waals surface area contributed by atoms with Gasteiger partial charge in [0.25, 0.3) is 0 Å². The highest BCUT2D eigenvalue weighted by molar-refractivity contribution is 7.20. The van der Waals surface area contributed by atoms with Gasteiger partial charge in [0.05, 0.1) is 23.4 Å². The average Bonchev–Trinajstić information content (AvgIpc) is 3.23. The summed E-state index contributed by atoms with van der Waals surface area (Å²) in [5.41, 5.74) is 1.12. The smallest absolute Gasteiger partial charge is 0.346 e. The normalized spacial score (nSPS) is 13.1. The lowest BCUT2D eigenvalue weighted by molar-refractivity contribution is 0.0702. The minimum Gasteiger partial charge on any atom is -0.490 e. The fraction of sp³-hybridized carbons (Fsp3) is 0.136. The van der Waals surface area contributed by atoms with E-state index < -0.39 is 17.1 Å². The molecule has 5 rings (SSSR count). The van der Waals surface area contributed by atoms with Crippen LogP contribution in [0.3, 0.4) is 0 Å². The molecule has 31 heavy (non-hydrogen) atoms. The molecule has 0 amide bonds. The molecule has 1 aliphatic heterocycles. The van der Waals surface area contributed by atoms with Crippen molar-refractivity contribution in [1.29, 1.82) is 0 Å². The number of ether oxygens (including phenoxy) is 1. The van der Waals surface area contributed by atoms with Crippen LogP contribution in [0, 0.1) is 0 Å². The number of carbonyl (C=O) groups is 1. The molecule has 2 aromatic heterocycles. The van der Waals surface area contributed by atoms with E-state index in [2.05, 4.69) is 4.90 Å². The Kier molecular flexibility index (Phi) is 4.40. The molecule has 0 fully saturated rings. The van der Waals surface area contributed by atoms with E-state index in [-0.39, 0.29) is 4.88 Å². The Balaban J connectivity index is 1.76. The van der Waals surface area contributed by atoms with Crippen molar-refractivity contribution < 1.29 is 14.6 Å². The fourth-order valence-electron chi connectivity index (χ4n) is 3.80.